The summed E-state index contributed by atoms with van der Waals surface area (Å²) in [4.78, 5) is 12.4. The van der Waals surface area contributed by atoms with Gasteiger partial charge in [-0.15, -0.1) is 12.4 Å². The predicted molar refractivity (Wildman–Crippen MR) is 114 cm³/mol. The molecule has 0 heterocycles. The first-order chi connectivity index (χ1) is 13.1. The zero-order valence-corrected chi connectivity index (χ0v) is 17.0. The highest BCUT2D eigenvalue weighted by Gasteiger charge is 2.25. The molecule has 6 heteroatoms. The number of anilines is 1. The highest BCUT2D eigenvalue weighted by Crippen LogP contribution is 2.26. The van der Waals surface area contributed by atoms with E-state index in [1.807, 2.05) is 48.5 Å². The smallest absolute Gasteiger partial charge is 0.227 e. The van der Waals surface area contributed by atoms with Gasteiger partial charge in [0.25, 0.3) is 0 Å². The fourth-order valence-electron chi connectivity index (χ4n) is 3.40. The third-order valence-electron chi connectivity index (χ3n) is 4.96. The van der Waals surface area contributed by atoms with Gasteiger partial charge in [0.2, 0.25) is 5.91 Å². The topological polar surface area (TPSA) is 73.6 Å². The average molecular weight is 405 g/mol. The molecule has 2 aromatic carbocycles. The van der Waals surface area contributed by atoms with E-state index < -0.39 is 0 Å². The first-order valence-electron chi connectivity index (χ1n) is 9.56. The molecular weight excluding hydrogens is 376 g/mol. The maximum Gasteiger partial charge on any atom is 0.227 e. The lowest BCUT2D eigenvalue weighted by Gasteiger charge is -2.25. The number of amides is 1. The number of halogens is 1. The van der Waals surface area contributed by atoms with Crippen molar-refractivity contribution in [3.05, 3.63) is 54.1 Å². The molecule has 1 fully saturated rings. The third-order valence-corrected chi connectivity index (χ3v) is 4.96. The number of nitrogens with one attached hydrogen (secondary N) is 1. The van der Waals surface area contributed by atoms with Gasteiger partial charge < -0.3 is 20.5 Å². The van der Waals surface area contributed by atoms with E-state index >= 15 is 0 Å². The van der Waals surface area contributed by atoms with Crippen LogP contribution >= 0.6 is 12.4 Å². The number of benzene rings is 2. The van der Waals surface area contributed by atoms with Gasteiger partial charge in [0.05, 0.1) is 6.61 Å². The molecule has 0 spiro atoms. The van der Waals surface area contributed by atoms with Gasteiger partial charge in [-0.2, -0.15) is 0 Å². The van der Waals surface area contributed by atoms with Crippen molar-refractivity contribution in [2.24, 2.45) is 11.7 Å². The van der Waals surface area contributed by atoms with Gasteiger partial charge in [-0.1, -0.05) is 18.6 Å². The van der Waals surface area contributed by atoms with Crippen LogP contribution in [0.2, 0.25) is 0 Å². The molecule has 1 aliphatic carbocycles. The molecule has 0 saturated heterocycles. The number of carbonyl (C=O) groups is 1. The largest absolute Gasteiger partial charge is 0.457 e. The second-order valence-electron chi connectivity index (χ2n) is 7.13. The van der Waals surface area contributed by atoms with Crippen LogP contribution in [0.4, 0.5) is 5.69 Å². The van der Waals surface area contributed by atoms with Gasteiger partial charge in [0, 0.05) is 24.8 Å². The number of rotatable bonds is 7. The number of carbonyl (C=O) groups excluding carboxylic acids is 1. The van der Waals surface area contributed by atoms with E-state index in [9.17, 15) is 4.79 Å². The van der Waals surface area contributed by atoms with Crippen LogP contribution in [-0.4, -0.2) is 25.7 Å². The molecule has 2 atom stereocenters. The van der Waals surface area contributed by atoms with Crippen molar-refractivity contribution < 1.29 is 14.3 Å². The van der Waals surface area contributed by atoms with Crippen molar-refractivity contribution in [3.8, 4) is 11.5 Å². The van der Waals surface area contributed by atoms with E-state index in [4.69, 9.17) is 15.2 Å². The highest BCUT2D eigenvalue weighted by molar-refractivity contribution is 5.92. The van der Waals surface area contributed by atoms with Gasteiger partial charge in [-0.05, 0) is 67.6 Å². The summed E-state index contributed by atoms with van der Waals surface area (Å²) in [5.41, 5.74) is 7.97. The van der Waals surface area contributed by atoms with Crippen molar-refractivity contribution >= 4 is 24.0 Å². The van der Waals surface area contributed by atoms with Gasteiger partial charge >= 0.3 is 0 Å². The number of methoxy groups -OCH3 is 1. The summed E-state index contributed by atoms with van der Waals surface area (Å²) in [5.74, 6) is 1.59. The second-order valence-corrected chi connectivity index (χ2v) is 7.13. The maximum absolute atomic E-state index is 12.4. The summed E-state index contributed by atoms with van der Waals surface area (Å²) in [7, 11) is 1.70. The van der Waals surface area contributed by atoms with Crippen LogP contribution in [0.5, 0.6) is 11.5 Å². The first kappa shape index (κ1) is 22.2. The predicted octanol–water partition coefficient (Wildman–Crippen LogP) is 4.55. The molecule has 3 rings (SSSR count). The van der Waals surface area contributed by atoms with Gasteiger partial charge in [-0.3, -0.25) is 4.79 Å². The summed E-state index contributed by atoms with van der Waals surface area (Å²) in [5, 5.41) is 2.99. The monoisotopic (exact) mass is 404 g/mol. The molecule has 28 heavy (non-hydrogen) atoms. The Kier molecular flexibility index (Phi) is 8.77. The Morgan fingerprint density at radius 1 is 1.07 bits per heavy atom. The van der Waals surface area contributed by atoms with Gasteiger partial charge in [-0.25, -0.2) is 0 Å². The van der Waals surface area contributed by atoms with E-state index in [1.54, 1.807) is 7.11 Å². The second kappa shape index (κ2) is 11.1. The molecule has 1 aliphatic rings. The molecule has 2 unspecified atom stereocenters. The standard InChI is InChI=1S/C22H28N2O3.ClH/c1-26-14-13-16-5-9-20(10-6-16)27-21-11-7-19(8-12-21)24-22(25)17-3-2-4-18(23)15-17;/h5-12,17-18H,2-4,13-15,23H2,1H3,(H,24,25);1H. The van der Waals surface area contributed by atoms with E-state index in [1.165, 1.54) is 5.56 Å². The van der Waals surface area contributed by atoms with Crippen LogP contribution in [-0.2, 0) is 16.0 Å². The molecule has 3 N–H and O–H groups in total. The molecule has 1 saturated carbocycles. The molecule has 0 aromatic heterocycles. The molecular formula is C22H29ClN2O3. The van der Waals surface area contributed by atoms with Crippen molar-refractivity contribution in [2.75, 3.05) is 19.0 Å². The van der Waals surface area contributed by atoms with Crippen LogP contribution in [0.25, 0.3) is 0 Å². The number of hydrogen-bond acceptors (Lipinski definition) is 4. The fraction of sp³-hybridized carbons (Fsp3) is 0.409. The number of ether oxygens (including phenoxy) is 2. The molecule has 0 aliphatic heterocycles. The Hall–Kier alpha value is -2.08. The summed E-state index contributed by atoms with van der Waals surface area (Å²) in [6, 6.07) is 15.6. The maximum atomic E-state index is 12.4. The highest BCUT2D eigenvalue weighted by atomic mass is 35.5. The normalized spacial score (nSPS) is 18.8. The first-order valence-corrected chi connectivity index (χ1v) is 9.56. The summed E-state index contributed by atoms with van der Waals surface area (Å²) in [6.07, 6.45) is 4.62. The van der Waals surface area contributed by atoms with Crippen molar-refractivity contribution in [1.29, 1.82) is 0 Å². The lowest BCUT2D eigenvalue weighted by Crippen LogP contribution is -2.34. The molecule has 2 aromatic rings. The number of nitrogens with two attached hydrogens (primary N) is 1. The lowest BCUT2D eigenvalue weighted by atomic mass is 9.85. The Balaban J connectivity index is 0.00000280. The third kappa shape index (κ3) is 6.51. The van der Waals surface area contributed by atoms with E-state index in [0.29, 0.717) is 6.61 Å². The van der Waals surface area contributed by atoms with Crippen LogP contribution < -0.4 is 15.8 Å². The minimum atomic E-state index is 0. The van der Waals surface area contributed by atoms with E-state index in [0.717, 1.165) is 49.3 Å². The zero-order valence-electron chi connectivity index (χ0n) is 16.2. The van der Waals surface area contributed by atoms with Crippen molar-refractivity contribution in [2.45, 2.75) is 38.1 Å². The Morgan fingerprint density at radius 2 is 1.71 bits per heavy atom. The van der Waals surface area contributed by atoms with Gasteiger partial charge in [0.15, 0.2) is 0 Å². The van der Waals surface area contributed by atoms with Crippen molar-refractivity contribution in [1.82, 2.24) is 0 Å². The SMILES string of the molecule is COCCc1ccc(Oc2ccc(NC(=O)C3CCCC(N)C3)cc2)cc1.Cl. The van der Waals surface area contributed by atoms with Gasteiger partial charge in [0.1, 0.15) is 11.5 Å². The van der Waals surface area contributed by atoms with Crippen LogP contribution in [0.3, 0.4) is 0 Å². The summed E-state index contributed by atoms with van der Waals surface area (Å²) in [6.45, 7) is 0.709. The van der Waals surface area contributed by atoms with Crippen LogP contribution in [0.1, 0.15) is 31.2 Å². The van der Waals surface area contributed by atoms with Crippen molar-refractivity contribution in [3.63, 3.8) is 0 Å². The zero-order chi connectivity index (χ0) is 19.1. The molecule has 1 amide bonds. The average Bonchev–Trinajstić information content (AvgIpc) is 2.69. The molecule has 5 nitrogen and oxygen atoms in total. The minimum Gasteiger partial charge on any atom is -0.457 e. The van der Waals surface area contributed by atoms with Crippen LogP contribution in [0, 0.1) is 5.92 Å². The molecule has 0 bridgehead atoms. The Morgan fingerprint density at radius 3 is 2.32 bits per heavy atom. The Bertz CT molecular complexity index is 734. The molecule has 152 valence electrons. The van der Waals surface area contributed by atoms with Crippen LogP contribution in [0.15, 0.2) is 48.5 Å². The lowest BCUT2D eigenvalue weighted by molar-refractivity contribution is -0.120. The van der Waals surface area contributed by atoms with E-state index in [2.05, 4.69) is 5.32 Å². The van der Waals surface area contributed by atoms with E-state index in [-0.39, 0.29) is 30.3 Å². The minimum absolute atomic E-state index is 0. The Labute approximate surface area is 173 Å². The summed E-state index contributed by atoms with van der Waals surface area (Å²) >= 11 is 0. The number of hydrogen-bond donors (Lipinski definition) is 2. The quantitative estimate of drug-likeness (QED) is 0.710. The fourth-order valence-corrected chi connectivity index (χ4v) is 3.40. The molecule has 0 radical (unpaired) electrons. The summed E-state index contributed by atoms with van der Waals surface area (Å²) < 4.78 is 11.0.